The highest BCUT2D eigenvalue weighted by Crippen LogP contribution is 2.31. The predicted molar refractivity (Wildman–Crippen MR) is 117 cm³/mol. The van der Waals surface area contributed by atoms with E-state index in [4.69, 9.17) is 4.74 Å². The lowest BCUT2D eigenvalue weighted by Crippen LogP contribution is -3.12. The molecule has 6 heteroatoms. The van der Waals surface area contributed by atoms with Gasteiger partial charge < -0.3 is 15.0 Å². The summed E-state index contributed by atoms with van der Waals surface area (Å²) in [6, 6.07) is 16.7. The molecule has 0 atom stereocenters. The number of thiazole rings is 1. The average molecular weight is 411 g/mol. The fraction of sp³-hybridized carbons (Fsp3) is 0.391. The monoisotopic (exact) mass is 410 g/mol. The van der Waals surface area contributed by atoms with Gasteiger partial charge in [0.05, 0.1) is 23.3 Å². The Labute approximate surface area is 175 Å². The Bertz CT molecular complexity index is 927. The molecule has 0 bridgehead atoms. The third-order valence-electron chi connectivity index (χ3n) is 5.42. The average Bonchev–Trinajstić information content (AvgIpc) is 3.13. The van der Waals surface area contributed by atoms with E-state index in [1.165, 1.54) is 5.56 Å². The SMILES string of the molecule is CC(C)C(=O)NC1CC[NH+](Cc2ccc(Oc3nc4ccccc4s3)cc2)CC1. The van der Waals surface area contributed by atoms with Gasteiger partial charge in [0, 0.05) is 30.4 Å². The molecule has 0 radical (unpaired) electrons. The highest BCUT2D eigenvalue weighted by atomic mass is 32.1. The number of rotatable bonds is 6. The molecule has 3 aromatic rings. The Hall–Kier alpha value is -2.44. The summed E-state index contributed by atoms with van der Waals surface area (Å²) in [5, 5.41) is 3.85. The molecule has 0 spiro atoms. The Kier molecular flexibility index (Phi) is 6.11. The van der Waals surface area contributed by atoms with Crippen LogP contribution in [0.3, 0.4) is 0 Å². The minimum Gasteiger partial charge on any atom is -0.431 e. The smallest absolute Gasteiger partial charge is 0.279 e. The van der Waals surface area contributed by atoms with Gasteiger partial charge in [0.15, 0.2) is 0 Å². The number of hydrogen-bond acceptors (Lipinski definition) is 4. The lowest BCUT2D eigenvalue weighted by Gasteiger charge is -2.30. The second-order valence-electron chi connectivity index (χ2n) is 8.06. The van der Waals surface area contributed by atoms with Gasteiger partial charge in [0.2, 0.25) is 5.91 Å². The van der Waals surface area contributed by atoms with Gasteiger partial charge >= 0.3 is 0 Å². The minimum atomic E-state index is 0.0591. The van der Waals surface area contributed by atoms with Crippen molar-refractivity contribution < 1.29 is 14.4 Å². The molecule has 0 aliphatic carbocycles. The van der Waals surface area contributed by atoms with Crippen LogP contribution >= 0.6 is 11.3 Å². The summed E-state index contributed by atoms with van der Waals surface area (Å²) < 4.78 is 7.07. The van der Waals surface area contributed by atoms with Gasteiger partial charge in [-0.25, -0.2) is 4.98 Å². The van der Waals surface area contributed by atoms with Crippen molar-refractivity contribution in [3.63, 3.8) is 0 Å². The van der Waals surface area contributed by atoms with Crippen LogP contribution in [0.5, 0.6) is 10.9 Å². The van der Waals surface area contributed by atoms with Crippen LogP contribution in [-0.2, 0) is 11.3 Å². The van der Waals surface area contributed by atoms with E-state index in [0.29, 0.717) is 11.2 Å². The van der Waals surface area contributed by atoms with Crippen molar-refractivity contribution in [2.24, 2.45) is 5.92 Å². The zero-order valence-electron chi connectivity index (χ0n) is 17.0. The minimum absolute atomic E-state index is 0.0591. The molecule has 1 saturated heterocycles. The molecule has 1 aliphatic rings. The first-order valence-corrected chi connectivity index (χ1v) is 11.1. The lowest BCUT2D eigenvalue weighted by atomic mass is 10.0. The van der Waals surface area contributed by atoms with E-state index in [1.807, 2.05) is 44.2 Å². The molecule has 1 aliphatic heterocycles. The highest BCUT2D eigenvalue weighted by Gasteiger charge is 2.24. The first-order valence-electron chi connectivity index (χ1n) is 10.3. The van der Waals surface area contributed by atoms with Crippen LogP contribution in [0.4, 0.5) is 0 Å². The fourth-order valence-electron chi connectivity index (χ4n) is 3.67. The van der Waals surface area contributed by atoms with Gasteiger partial charge in [-0.1, -0.05) is 37.3 Å². The van der Waals surface area contributed by atoms with Crippen molar-refractivity contribution in [3.8, 4) is 10.9 Å². The number of nitrogens with zero attached hydrogens (tertiary/aromatic N) is 1. The van der Waals surface area contributed by atoms with Gasteiger partial charge in [0.25, 0.3) is 5.19 Å². The van der Waals surface area contributed by atoms with Crippen LogP contribution in [0.25, 0.3) is 10.2 Å². The van der Waals surface area contributed by atoms with E-state index in [2.05, 4.69) is 28.5 Å². The Morgan fingerprint density at radius 2 is 1.90 bits per heavy atom. The Morgan fingerprint density at radius 1 is 1.17 bits per heavy atom. The molecule has 0 unspecified atom stereocenters. The first-order chi connectivity index (χ1) is 14.1. The van der Waals surface area contributed by atoms with Crippen molar-refractivity contribution in [2.75, 3.05) is 13.1 Å². The van der Waals surface area contributed by atoms with Gasteiger partial charge in [-0.2, -0.15) is 0 Å². The topological polar surface area (TPSA) is 55.7 Å². The van der Waals surface area contributed by atoms with Crippen molar-refractivity contribution >= 4 is 27.5 Å². The van der Waals surface area contributed by atoms with Crippen molar-refractivity contribution in [3.05, 3.63) is 54.1 Å². The van der Waals surface area contributed by atoms with Crippen LogP contribution in [0.1, 0.15) is 32.3 Å². The molecule has 5 nitrogen and oxygen atoms in total. The number of amides is 1. The molecule has 0 saturated carbocycles. The number of carbonyl (C=O) groups is 1. The second-order valence-corrected chi connectivity index (χ2v) is 9.05. The van der Waals surface area contributed by atoms with Gasteiger partial charge in [-0.3, -0.25) is 4.79 Å². The molecular weight excluding hydrogens is 382 g/mol. The van der Waals surface area contributed by atoms with E-state index in [1.54, 1.807) is 16.2 Å². The number of ether oxygens (including phenoxy) is 1. The van der Waals surface area contributed by atoms with Crippen LogP contribution < -0.4 is 15.0 Å². The zero-order valence-corrected chi connectivity index (χ0v) is 17.8. The Balaban J connectivity index is 1.28. The van der Waals surface area contributed by atoms with Crippen molar-refractivity contribution in [2.45, 2.75) is 39.3 Å². The Morgan fingerprint density at radius 3 is 2.59 bits per heavy atom. The second kappa shape index (κ2) is 8.93. The molecular formula is C23H28N3O2S+. The number of likely N-dealkylation sites (tertiary alicyclic amines) is 1. The zero-order chi connectivity index (χ0) is 20.2. The molecule has 1 amide bonds. The van der Waals surface area contributed by atoms with Gasteiger partial charge in [-0.15, -0.1) is 0 Å². The number of benzene rings is 2. The summed E-state index contributed by atoms with van der Waals surface area (Å²) >= 11 is 1.56. The lowest BCUT2D eigenvalue weighted by molar-refractivity contribution is -0.918. The standard InChI is InChI=1S/C23H27N3O2S/c1-16(2)22(27)24-18-11-13-26(14-12-18)15-17-7-9-19(10-8-17)28-23-25-20-5-3-4-6-21(20)29-23/h3-10,16,18H,11-15H2,1-2H3,(H,24,27)/p+1. The summed E-state index contributed by atoms with van der Waals surface area (Å²) in [4.78, 5) is 18.0. The number of quaternary nitrogens is 1. The number of para-hydroxylation sites is 1. The largest absolute Gasteiger partial charge is 0.431 e. The number of fused-ring (bicyclic) bond motifs is 1. The number of nitrogens with one attached hydrogen (secondary N) is 2. The molecule has 1 fully saturated rings. The van der Waals surface area contributed by atoms with E-state index in [9.17, 15) is 4.79 Å². The highest BCUT2D eigenvalue weighted by molar-refractivity contribution is 7.20. The number of piperidine rings is 1. The first kappa shape index (κ1) is 19.9. The summed E-state index contributed by atoms with van der Waals surface area (Å²) in [6.07, 6.45) is 2.10. The molecule has 2 aromatic carbocycles. The summed E-state index contributed by atoms with van der Waals surface area (Å²) in [5.41, 5.74) is 2.28. The molecule has 4 rings (SSSR count). The van der Waals surface area contributed by atoms with E-state index in [-0.39, 0.29) is 11.8 Å². The molecule has 1 aromatic heterocycles. The fourth-order valence-corrected chi connectivity index (χ4v) is 4.51. The summed E-state index contributed by atoms with van der Waals surface area (Å²) in [7, 11) is 0. The maximum absolute atomic E-state index is 11.9. The third-order valence-corrected chi connectivity index (χ3v) is 6.33. The number of carbonyl (C=O) groups excluding carboxylic acids is 1. The maximum atomic E-state index is 11.9. The van der Waals surface area contributed by atoms with Crippen LogP contribution in [-0.4, -0.2) is 30.0 Å². The quantitative estimate of drug-likeness (QED) is 0.655. The molecule has 2 heterocycles. The van der Waals surface area contributed by atoms with Crippen molar-refractivity contribution in [1.82, 2.24) is 10.3 Å². The predicted octanol–water partition coefficient (Wildman–Crippen LogP) is 3.41. The van der Waals surface area contributed by atoms with E-state index in [0.717, 1.165) is 48.4 Å². The number of hydrogen-bond donors (Lipinski definition) is 2. The molecule has 29 heavy (non-hydrogen) atoms. The van der Waals surface area contributed by atoms with Crippen molar-refractivity contribution in [1.29, 1.82) is 0 Å². The van der Waals surface area contributed by atoms with Gasteiger partial charge in [-0.05, 0) is 36.4 Å². The van der Waals surface area contributed by atoms with E-state index < -0.39 is 0 Å². The molecule has 152 valence electrons. The molecule has 2 N–H and O–H groups in total. The van der Waals surface area contributed by atoms with E-state index >= 15 is 0 Å². The normalized spacial score (nSPS) is 19.4. The summed E-state index contributed by atoms with van der Waals surface area (Å²) in [5.74, 6) is 1.05. The third kappa shape index (κ3) is 5.14. The maximum Gasteiger partial charge on any atom is 0.279 e. The van der Waals surface area contributed by atoms with Crippen LogP contribution in [0, 0.1) is 5.92 Å². The van der Waals surface area contributed by atoms with Crippen LogP contribution in [0.15, 0.2) is 48.5 Å². The van der Waals surface area contributed by atoms with Crippen LogP contribution in [0.2, 0.25) is 0 Å². The summed E-state index contributed by atoms with van der Waals surface area (Å²) in [6.45, 7) is 7.08. The number of aromatic nitrogens is 1. The van der Waals surface area contributed by atoms with Gasteiger partial charge in [0.1, 0.15) is 12.3 Å².